The van der Waals surface area contributed by atoms with Gasteiger partial charge in [-0.1, -0.05) is 66.7 Å². The van der Waals surface area contributed by atoms with Crippen LogP contribution in [0.4, 0.5) is 11.4 Å². The van der Waals surface area contributed by atoms with Gasteiger partial charge in [-0.05, 0) is 66.9 Å². The predicted molar refractivity (Wildman–Crippen MR) is 147 cm³/mol. The van der Waals surface area contributed by atoms with E-state index < -0.39 is 0 Å². The highest BCUT2D eigenvalue weighted by Gasteiger charge is 2.39. The molecule has 1 aliphatic heterocycles. The lowest BCUT2D eigenvalue weighted by Crippen LogP contribution is -2.46. The Morgan fingerprint density at radius 3 is 2.14 bits per heavy atom. The lowest BCUT2D eigenvalue weighted by molar-refractivity contribution is -0.120. The van der Waals surface area contributed by atoms with Crippen LogP contribution in [0.15, 0.2) is 109 Å². The van der Waals surface area contributed by atoms with Gasteiger partial charge in [-0.25, -0.2) is 0 Å². The standard InChI is InChI=1S/C32H30N2O3/c1-23-21-29(32(36)33(26-13-7-4-8-14-26)22-24-11-5-3-6-12-24)28-15-9-10-16-30(28)34(23)31(35)25-17-19-27(37-2)20-18-25/h3-20,23,29H,21-22H2,1-2H3/t23-,29-/m0/s1. The maximum Gasteiger partial charge on any atom is 0.258 e. The number of carbonyl (C=O) groups excluding carboxylic acids is 2. The van der Waals surface area contributed by atoms with Crippen LogP contribution in [-0.4, -0.2) is 25.0 Å². The van der Waals surface area contributed by atoms with Crippen molar-refractivity contribution in [3.05, 3.63) is 126 Å². The molecule has 0 aromatic heterocycles. The van der Waals surface area contributed by atoms with Gasteiger partial charge in [-0.3, -0.25) is 9.59 Å². The summed E-state index contributed by atoms with van der Waals surface area (Å²) in [4.78, 5) is 31.6. The molecule has 37 heavy (non-hydrogen) atoms. The molecule has 0 unspecified atom stereocenters. The smallest absolute Gasteiger partial charge is 0.258 e. The highest BCUT2D eigenvalue weighted by Crippen LogP contribution is 2.41. The molecule has 5 heteroatoms. The number of methoxy groups -OCH3 is 1. The number of ether oxygens (including phenoxy) is 1. The van der Waals surface area contributed by atoms with Gasteiger partial charge in [0.05, 0.1) is 19.6 Å². The second kappa shape index (κ2) is 10.7. The third-order valence-corrected chi connectivity index (χ3v) is 6.96. The Balaban J connectivity index is 1.50. The Morgan fingerprint density at radius 2 is 1.46 bits per heavy atom. The summed E-state index contributed by atoms with van der Waals surface area (Å²) >= 11 is 0. The molecule has 2 amide bonds. The minimum absolute atomic E-state index is 0.0332. The minimum atomic E-state index is -0.366. The van der Waals surface area contributed by atoms with Crippen LogP contribution in [0.1, 0.15) is 40.7 Å². The van der Waals surface area contributed by atoms with Crippen molar-refractivity contribution in [3.63, 3.8) is 0 Å². The normalized spacial score (nSPS) is 16.5. The van der Waals surface area contributed by atoms with Crippen LogP contribution in [-0.2, 0) is 11.3 Å². The van der Waals surface area contributed by atoms with Crippen molar-refractivity contribution >= 4 is 23.2 Å². The number of hydrogen-bond acceptors (Lipinski definition) is 3. The van der Waals surface area contributed by atoms with E-state index in [1.54, 1.807) is 31.4 Å². The SMILES string of the molecule is COc1ccc(C(=O)N2c3ccccc3[C@@H](C(=O)N(Cc3ccccc3)c3ccccc3)C[C@@H]2C)cc1. The van der Waals surface area contributed by atoms with Crippen LogP contribution < -0.4 is 14.5 Å². The first-order valence-corrected chi connectivity index (χ1v) is 12.5. The zero-order chi connectivity index (χ0) is 25.8. The fraction of sp³-hybridized carbons (Fsp3) is 0.188. The van der Waals surface area contributed by atoms with Gasteiger partial charge >= 0.3 is 0 Å². The third-order valence-electron chi connectivity index (χ3n) is 6.96. The van der Waals surface area contributed by atoms with Gasteiger partial charge in [0.1, 0.15) is 5.75 Å². The number of carbonyl (C=O) groups is 2. The number of benzene rings is 4. The lowest BCUT2D eigenvalue weighted by atomic mass is 9.84. The Hall–Kier alpha value is -4.38. The van der Waals surface area contributed by atoms with E-state index in [1.807, 2.05) is 102 Å². The van der Waals surface area contributed by atoms with E-state index in [0.717, 1.165) is 22.5 Å². The van der Waals surface area contributed by atoms with Crippen molar-refractivity contribution in [1.82, 2.24) is 0 Å². The van der Waals surface area contributed by atoms with Crippen molar-refractivity contribution < 1.29 is 14.3 Å². The number of anilines is 2. The zero-order valence-corrected chi connectivity index (χ0v) is 21.1. The quantitative estimate of drug-likeness (QED) is 0.312. The molecular formula is C32H30N2O3. The predicted octanol–water partition coefficient (Wildman–Crippen LogP) is 6.45. The lowest BCUT2D eigenvalue weighted by Gasteiger charge is -2.40. The van der Waals surface area contributed by atoms with E-state index in [2.05, 4.69) is 0 Å². The van der Waals surface area contributed by atoms with Gasteiger partial charge in [0, 0.05) is 23.0 Å². The van der Waals surface area contributed by atoms with E-state index >= 15 is 0 Å². The summed E-state index contributed by atoms with van der Waals surface area (Å²) in [6, 6.07) is 34.6. The number of amides is 2. The van der Waals surface area contributed by atoms with Crippen LogP contribution >= 0.6 is 0 Å². The topological polar surface area (TPSA) is 49.9 Å². The molecule has 0 N–H and O–H groups in total. The van der Waals surface area contributed by atoms with Crippen LogP contribution in [0, 0.1) is 0 Å². The summed E-state index contributed by atoms with van der Waals surface area (Å²) in [6.45, 7) is 2.49. The first kappa shape index (κ1) is 24.3. The van der Waals surface area contributed by atoms with Crippen molar-refractivity contribution in [1.29, 1.82) is 0 Å². The van der Waals surface area contributed by atoms with E-state index in [-0.39, 0.29) is 23.8 Å². The molecule has 1 aliphatic rings. The Bertz CT molecular complexity index is 1370. The molecule has 0 saturated heterocycles. The van der Waals surface area contributed by atoms with Crippen LogP contribution in [0.5, 0.6) is 5.75 Å². The second-order valence-electron chi connectivity index (χ2n) is 9.35. The van der Waals surface area contributed by atoms with Gasteiger partial charge in [-0.2, -0.15) is 0 Å². The largest absolute Gasteiger partial charge is 0.497 e. The highest BCUT2D eigenvalue weighted by atomic mass is 16.5. The summed E-state index contributed by atoms with van der Waals surface area (Å²) in [6.07, 6.45) is 0.538. The highest BCUT2D eigenvalue weighted by molar-refractivity contribution is 6.09. The molecule has 0 fully saturated rings. The number of para-hydroxylation sites is 2. The molecule has 4 aromatic carbocycles. The molecule has 0 radical (unpaired) electrons. The van der Waals surface area contributed by atoms with Crippen molar-refractivity contribution in [2.75, 3.05) is 16.9 Å². The number of fused-ring (bicyclic) bond motifs is 1. The second-order valence-corrected chi connectivity index (χ2v) is 9.35. The Kier molecular flexibility index (Phi) is 7.04. The van der Waals surface area contributed by atoms with Crippen LogP contribution in [0.3, 0.4) is 0 Å². The van der Waals surface area contributed by atoms with Gasteiger partial charge in [0.25, 0.3) is 5.91 Å². The molecule has 5 nitrogen and oxygen atoms in total. The summed E-state index contributed by atoms with van der Waals surface area (Å²) in [5.41, 5.74) is 4.17. The summed E-state index contributed by atoms with van der Waals surface area (Å²) in [5.74, 6) is 0.285. The van der Waals surface area contributed by atoms with E-state index in [0.29, 0.717) is 24.3 Å². The fourth-order valence-corrected chi connectivity index (χ4v) is 5.09. The van der Waals surface area contributed by atoms with Gasteiger partial charge in [-0.15, -0.1) is 0 Å². The maximum absolute atomic E-state index is 14.2. The minimum Gasteiger partial charge on any atom is -0.497 e. The number of hydrogen-bond donors (Lipinski definition) is 0. The molecule has 0 bridgehead atoms. The third kappa shape index (κ3) is 4.98. The molecular weight excluding hydrogens is 460 g/mol. The molecule has 4 aromatic rings. The van der Waals surface area contributed by atoms with Gasteiger partial charge in [0.2, 0.25) is 5.91 Å². The van der Waals surface area contributed by atoms with E-state index in [1.165, 1.54) is 0 Å². The van der Waals surface area contributed by atoms with E-state index in [9.17, 15) is 9.59 Å². The maximum atomic E-state index is 14.2. The first-order chi connectivity index (χ1) is 18.1. The molecule has 0 spiro atoms. The number of rotatable bonds is 6. The average Bonchev–Trinajstić information content (AvgIpc) is 2.96. The summed E-state index contributed by atoms with van der Waals surface area (Å²) in [7, 11) is 1.60. The molecule has 1 heterocycles. The molecule has 5 rings (SSSR count). The summed E-state index contributed by atoms with van der Waals surface area (Å²) < 4.78 is 5.25. The average molecular weight is 491 g/mol. The van der Waals surface area contributed by atoms with Crippen LogP contribution in [0.2, 0.25) is 0 Å². The number of nitrogens with zero attached hydrogens (tertiary/aromatic N) is 2. The zero-order valence-electron chi connectivity index (χ0n) is 21.1. The molecule has 0 aliphatic carbocycles. The molecule has 186 valence electrons. The Morgan fingerprint density at radius 1 is 0.838 bits per heavy atom. The fourth-order valence-electron chi connectivity index (χ4n) is 5.09. The molecule has 2 atom stereocenters. The van der Waals surface area contributed by atoms with E-state index in [4.69, 9.17) is 4.74 Å². The monoisotopic (exact) mass is 490 g/mol. The Labute approximate surface area is 217 Å². The van der Waals surface area contributed by atoms with Gasteiger partial charge in [0.15, 0.2) is 0 Å². The first-order valence-electron chi connectivity index (χ1n) is 12.5. The van der Waals surface area contributed by atoms with Gasteiger partial charge < -0.3 is 14.5 Å². The van der Waals surface area contributed by atoms with Crippen molar-refractivity contribution in [2.45, 2.75) is 31.8 Å². The van der Waals surface area contributed by atoms with Crippen molar-refractivity contribution in [3.8, 4) is 5.75 Å². The van der Waals surface area contributed by atoms with Crippen molar-refractivity contribution in [2.24, 2.45) is 0 Å². The van der Waals surface area contributed by atoms with Crippen LogP contribution in [0.25, 0.3) is 0 Å². The molecule has 0 saturated carbocycles. The summed E-state index contributed by atoms with van der Waals surface area (Å²) in [5, 5.41) is 0.